The first-order valence-electron chi connectivity index (χ1n) is 5.83. The lowest BCUT2D eigenvalue weighted by Gasteiger charge is -2.44. The fourth-order valence-corrected chi connectivity index (χ4v) is 3.03. The van der Waals surface area contributed by atoms with Crippen molar-refractivity contribution in [3.8, 4) is 0 Å². The molecule has 0 amide bonds. The van der Waals surface area contributed by atoms with Gasteiger partial charge < -0.3 is 5.11 Å². The van der Waals surface area contributed by atoms with E-state index >= 15 is 0 Å². The van der Waals surface area contributed by atoms with Gasteiger partial charge in [-0.1, -0.05) is 33.3 Å². The third-order valence-corrected chi connectivity index (χ3v) is 3.67. The van der Waals surface area contributed by atoms with Crippen molar-refractivity contribution in [3.05, 3.63) is 12.7 Å². The second kappa shape index (κ2) is 4.48. The molecule has 3 atom stereocenters. The maximum absolute atomic E-state index is 10.6. The quantitative estimate of drug-likeness (QED) is 0.686. The van der Waals surface area contributed by atoms with Gasteiger partial charge >= 0.3 is 0 Å². The van der Waals surface area contributed by atoms with Gasteiger partial charge in [0.15, 0.2) is 0 Å². The molecule has 0 radical (unpaired) electrons. The van der Waals surface area contributed by atoms with E-state index in [2.05, 4.69) is 27.4 Å². The zero-order valence-electron chi connectivity index (χ0n) is 9.79. The first-order valence-corrected chi connectivity index (χ1v) is 5.83. The Labute approximate surface area is 88.2 Å². The highest BCUT2D eigenvalue weighted by atomic mass is 16.3. The lowest BCUT2D eigenvalue weighted by molar-refractivity contribution is -0.0775. The van der Waals surface area contributed by atoms with Crippen LogP contribution in [-0.2, 0) is 0 Å². The number of aliphatic hydroxyl groups is 1. The Morgan fingerprint density at radius 3 is 2.64 bits per heavy atom. The van der Waals surface area contributed by atoms with Gasteiger partial charge in [0, 0.05) is 0 Å². The molecule has 1 saturated carbocycles. The largest absolute Gasteiger partial charge is 0.389 e. The summed E-state index contributed by atoms with van der Waals surface area (Å²) in [5, 5.41) is 10.6. The minimum Gasteiger partial charge on any atom is -0.389 e. The topological polar surface area (TPSA) is 20.2 Å². The van der Waals surface area contributed by atoms with Crippen LogP contribution < -0.4 is 0 Å². The van der Waals surface area contributed by atoms with Gasteiger partial charge in [0.25, 0.3) is 0 Å². The van der Waals surface area contributed by atoms with Crippen LogP contribution in [0.1, 0.15) is 46.5 Å². The molecule has 0 spiro atoms. The smallest absolute Gasteiger partial charge is 0.0714 e. The summed E-state index contributed by atoms with van der Waals surface area (Å²) in [6, 6.07) is 0. The van der Waals surface area contributed by atoms with Crippen LogP contribution >= 0.6 is 0 Å². The van der Waals surface area contributed by atoms with E-state index in [-0.39, 0.29) is 0 Å². The van der Waals surface area contributed by atoms with Crippen LogP contribution in [0.5, 0.6) is 0 Å². The van der Waals surface area contributed by atoms with Crippen molar-refractivity contribution in [2.75, 3.05) is 0 Å². The molecule has 1 heteroatoms. The van der Waals surface area contributed by atoms with E-state index in [9.17, 15) is 5.11 Å². The van der Waals surface area contributed by atoms with Crippen LogP contribution in [0.3, 0.4) is 0 Å². The molecule has 0 aromatic rings. The Kier molecular flexibility index (Phi) is 3.77. The van der Waals surface area contributed by atoms with Crippen LogP contribution in [-0.4, -0.2) is 10.7 Å². The molecule has 1 aliphatic carbocycles. The summed E-state index contributed by atoms with van der Waals surface area (Å²) in [4.78, 5) is 0. The van der Waals surface area contributed by atoms with E-state index in [0.717, 1.165) is 12.8 Å². The number of hydrogen-bond donors (Lipinski definition) is 1. The van der Waals surface area contributed by atoms with Crippen LogP contribution in [0.2, 0.25) is 0 Å². The Morgan fingerprint density at radius 2 is 2.14 bits per heavy atom. The van der Waals surface area contributed by atoms with E-state index in [4.69, 9.17) is 0 Å². The van der Waals surface area contributed by atoms with Gasteiger partial charge in [-0.3, -0.25) is 0 Å². The highest BCUT2D eigenvalue weighted by molar-refractivity contribution is 4.97. The molecular formula is C13H24O. The zero-order chi connectivity index (χ0) is 10.8. The molecule has 0 aromatic heterocycles. The van der Waals surface area contributed by atoms with Gasteiger partial charge in [0.2, 0.25) is 0 Å². The summed E-state index contributed by atoms with van der Waals surface area (Å²) in [6.07, 6.45) is 6.00. The summed E-state index contributed by atoms with van der Waals surface area (Å²) in [6.45, 7) is 10.4. The Balaban J connectivity index is 2.76. The highest BCUT2D eigenvalue weighted by Crippen LogP contribution is 2.42. The van der Waals surface area contributed by atoms with Crippen molar-refractivity contribution in [2.24, 2.45) is 17.8 Å². The maximum atomic E-state index is 10.6. The van der Waals surface area contributed by atoms with Crippen molar-refractivity contribution < 1.29 is 5.11 Å². The molecule has 82 valence electrons. The van der Waals surface area contributed by atoms with E-state index in [1.54, 1.807) is 0 Å². The minimum atomic E-state index is -0.479. The monoisotopic (exact) mass is 196 g/mol. The lowest BCUT2D eigenvalue weighted by Crippen LogP contribution is -2.45. The van der Waals surface area contributed by atoms with Gasteiger partial charge in [-0.05, 0) is 37.0 Å². The lowest BCUT2D eigenvalue weighted by atomic mass is 9.66. The predicted octanol–water partition coefficient (Wildman–Crippen LogP) is 3.39. The summed E-state index contributed by atoms with van der Waals surface area (Å²) in [5.74, 6) is 1.69. The van der Waals surface area contributed by atoms with E-state index < -0.39 is 5.60 Å². The summed E-state index contributed by atoms with van der Waals surface area (Å²) < 4.78 is 0. The SMILES string of the molecule is C=CCC1(O)CC(C)CCC1C(C)C. The average molecular weight is 196 g/mol. The van der Waals surface area contributed by atoms with Gasteiger partial charge in [-0.15, -0.1) is 6.58 Å². The van der Waals surface area contributed by atoms with Crippen molar-refractivity contribution in [2.45, 2.75) is 52.1 Å². The fraction of sp³-hybridized carbons (Fsp3) is 0.846. The van der Waals surface area contributed by atoms with E-state index in [0.29, 0.717) is 17.8 Å². The molecule has 0 bridgehead atoms. The molecule has 0 saturated heterocycles. The molecule has 1 nitrogen and oxygen atoms in total. The molecule has 1 aliphatic rings. The molecule has 0 aliphatic heterocycles. The van der Waals surface area contributed by atoms with Crippen molar-refractivity contribution >= 4 is 0 Å². The third kappa shape index (κ3) is 2.38. The minimum absolute atomic E-state index is 0.455. The van der Waals surface area contributed by atoms with Crippen LogP contribution in [0.25, 0.3) is 0 Å². The van der Waals surface area contributed by atoms with Gasteiger partial charge in [0.1, 0.15) is 0 Å². The predicted molar refractivity (Wildman–Crippen MR) is 61.1 cm³/mol. The number of hydrogen-bond acceptors (Lipinski definition) is 1. The normalized spacial score (nSPS) is 38.6. The highest BCUT2D eigenvalue weighted by Gasteiger charge is 2.41. The second-order valence-electron chi connectivity index (χ2n) is 5.33. The van der Waals surface area contributed by atoms with Gasteiger partial charge in [-0.25, -0.2) is 0 Å². The Morgan fingerprint density at radius 1 is 1.50 bits per heavy atom. The summed E-state index contributed by atoms with van der Waals surface area (Å²) >= 11 is 0. The van der Waals surface area contributed by atoms with Gasteiger partial charge in [-0.2, -0.15) is 0 Å². The van der Waals surface area contributed by atoms with Gasteiger partial charge in [0.05, 0.1) is 5.60 Å². The zero-order valence-corrected chi connectivity index (χ0v) is 9.79. The maximum Gasteiger partial charge on any atom is 0.0714 e. The summed E-state index contributed by atoms with van der Waals surface area (Å²) in [5.41, 5.74) is -0.479. The standard InChI is InChI=1S/C13H24O/c1-5-8-13(14)9-11(4)6-7-12(13)10(2)3/h5,10-12,14H,1,6-9H2,2-4H3. The Bertz CT molecular complexity index is 197. The average Bonchev–Trinajstić information content (AvgIpc) is 2.02. The van der Waals surface area contributed by atoms with Crippen molar-refractivity contribution in [1.82, 2.24) is 0 Å². The Hall–Kier alpha value is -0.300. The third-order valence-electron chi connectivity index (χ3n) is 3.67. The van der Waals surface area contributed by atoms with E-state index in [1.807, 2.05) is 6.08 Å². The van der Waals surface area contributed by atoms with Crippen molar-refractivity contribution in [1.29, 1.82) is 0 Å². The summed E-state index contributed by atoms with van der Waals surface area (Å²) in [7, 11) is 0. The molecule has 1 N–H and O–H groups in total. The second-order valence-corrected chi connectivity index (χ2v) is 5.33. The molecule has 14 heavy (non-hydrogen) atoms. The molecule has 3 unspecified atom stereocenters. The van der Waals surface area contributed by atoms with Crippen LogP contribution in [0, 0.1) is 17.8 Å². The molecule has 1 fully saturated rings. The van der Waals surface area contributed by atoms with Crippen LogP contribution in [0.4, 0.5) is 0 Å². The van der Waals surface area contributed by atoms with Crippen molar-refractivity contribution in [3.63, 3.8) is 0 Å². The molecule has 1 rings (SSSR count). The number of rotatable bonds is 3. The molecular weight excluding hydrogens is 172 g/mol. The molecule has 0 heterocycles. The first-order chi connectivity index (χ1) is 6.49. The first kappa shape index (κ1) is 11.8. The fourth-order valence-electron chi connectivity index (χ4n) is 3.03. The molecule has 0 aromatic carbocycles. The van der Waals surface area contributed by atoms with Crippen LogP contribution in [0.15, 0.2) is 12.7 Å². The van der Waals surface area contributed by atoms with E-state index in [1.165, 1.54) is 12.8 Å².